The third-order valence-electron chi connectivity index (χ3n) is 2.87. The van der Waals surface area contributed by atoms with Gasteiger partial charge in [-0.05, 0) is 12.5 Å². The molecule has 21 heavy (non-hydrogen) atoms. The van der Waals surface area contributed by atoms with Gasteiger partial charge in [0.05, 0.1) is 0 Å². The highest BCUT2D eigenvalue weighted by Gasteiger charge is 2.33. The molecule has 0 radical (unpaired) electrons. The maximum atomic E-state index is 12.7. The lowest BCUT2D eigenvalue weighted by molar-refractivity contribution is -0.141. The lowest BCUT2D eigenvalue weighted by Crippen LogP contribution is -2.23. The Balaban J connectivity index is 2.25. The first-order chi connectivity index (χ1) is 9.77. The van der Waals surface area contributed by atoms with Crippen molar-refractivity contribution < 1.29 is 13.2 Å². The van der Waals surface area contributed by atoms with Crippen molar-refractivity contribution in [2.45, 2.75) is 24.0 Å². The highest BCUT2D eigenvalue weighted by molar-refractivity contribution is 7.98. The number of halogens is 3. The third kappa shape index (κ3) is 3.87. The van der Waals surface area contributed by atoms with Gasteiger partial charge >= 0.3 is 6.18 Å². The lowest BCUT2D eigenvalue weighted by atomic mass is 10.2. The number of rotatable bonds is 3. The van der Waals surface area contributed by atoms with E-state index < -0.39 is 17.4 Å². The highest BCUT2D eigenvalue weighted by atomic mass is 32.2. The van der Waals surface area contributed by atoms with E-state index in [0.717, 1.165) is 27.5 Å². The van der Waals surface area contributed by atoms with Gasteiger partial charge in [-0.2, -0.15) is 13.2 Å². The van der Waals surface area contributed by atoms with Crippen molar-refractivity contribution in [3.63, 3.8) is 0 Å². The fraction of sp³-hybridized carbons (Fsp3) is 0.286. The zero-order valence-corrected chi connectivity index (χ0v) is 12.3. The summed E-state index contributed by atoms with van der Waals surface area (Å²) in [7, 11) is 1.41. The van der Waals surface area contributed by atoms with Gasteiger partial charge in [-0.1, -0.05) is 41.6 Å². The Bertz CT molecular complexity index is 693. The van der Waals surface area contributed by atoms with Crippen LogP contribution >= 0.6 is 11.8 Å². The summed E-state index contributed by atoms with van der Waals surface area (Å²) < 4.78 is 39.1. The normalized spacial score (nSPS) is 11.7. The van der Waals surface area contributed by atoms with Crippen molar-refractivity contribution in [2.24, 2.45) is 7.05 Å². The number of benzene rings is 1. The number of alkyl halides is 3. The Hall–Kier alpha value is -1.76. The first-order valence-corrected chi connectivity index (χ1v) is 7.09. The molecule has 0 fully saturated rings. The summed E-state index contributed by atoms with van der Waals surface area (Å²) in [6.45, 7) is 1.95. The molecule has 1 aromatic carbocycles. The van der Waals surface area contributed by atoms with E-state index in [9.17, 15) is 18.0 Å². The Morgan fingerprint density at radius 1 is 1.24 bits per heavy atom. The fourth-order valence-corrected chi connectivity index (χ4v) is 2.56. The molecule has 0 spiro atoms. The predicted octanol–water partition coefficient (Wildman–Crippen LogP) is 3.40. The van der Waals surface area contributed by atoms with Gasteiger partial charge in [-0.3, -0.25) is 9.36 Å². The van der Waals surface area contributed by atoms with Crippen molar-refractivity contribution in [1.29, 1.82) is 0 Å². The molecular weight excluding hydrogens is 301 g/mol. The van der Waals surface area contributed by atoms with Crippen molar-refractivity contribution in [2.75, 3.05) is 0 Å². The Morgan fingerprint density at radius 3 is 2.43 bits per heavy atom. The molecular formula is C14H13F3N2OS. The lowest BCUT2D eigenvalue weighted by Gasteiger charge is -2.11. The van der Waals surface area contributed by atoms with Gasteiger partial charge in [0, 0.05) is 18.9 Å². The molecule has 112 valence electrons. The Morgan fingerprint density at radius 2 is 1.86 bits per heavy atom. The van der Waals surface area contributed by atoms with Gasteiger partial charge in [0.15, 0.2) is 10.9 Å². The zero-order valence-electron chi connectivity index (χ0n) is 11.4. The minimum atomic E-state index is -4.62. The van der Waals surface area contributed by atoms with Crippen LogP contribution in [0.1, 0.15) is 16.8 Å². The number of hydrogen-bond acceptors (Lipinski definition) is 3. The van der Waals surface area contributed by atoms with E-state index in [1.54, 1.807) is 0 Å². The molecule has 0 aliphatic rings. The first kappa shape index (κ1) is 15.6. The summed E-state index contributed by atoms with van der Waals surface area (Å²) in [6, 6.07) is 8.15. The van der Waals surface area contributed by atoms with Crippen LogP contribution in [0, 0.1) is 6.92 Å². The molecule has 0 aliphatic carbocycles. The summed E-state index contributed by atoms with van der Waals surface area (Å²) in [6.07, 6.45) is -4.62. The van der Waals surface area contributed by atoms with Gasteiger partial charge < -0.3 is 0 Å². The number of nitrogens with zero attached hydrogens (tertiary/aromatic N) is 2. The van der Waals surface area contributed by atoms with E-state index in [2.05, 4.69) is 4.98 Å². The molecule has 1 heterocycles. The van der Waals surface area contributed by atoms with Crippen LogP contribution in [0.15, 0.2) is 40.3 Å². The molecule has 2 rings (SSSR count). The first-order valence-electron chi connectivity index (χ1n) is 6.11. The van der Waals surface area contributed by atoms with Gasteiger partial charge in [0.1, 0.15) is 0 Å². The zero-order chi connectivity index (χ0) is 15.6. The topological polar surface area (TPSA) is 34.9 Å². The minimum Gasteiger partial charge on any atom is -0.291 e. The van der Waals surface area contributed by atoms with Crippen LogP contribution in [0.4, 0.5) is 13.2 Å². The average Bonchev–Trinajstić information content (AvgIpc) is 2.41. The van der Waals surface area contributed by atoms with Gasteiger partial charge in [0.25, 0.3) is 5.56 Å². The van der Waals surface area contributed by atoms with Crippen molar-refractivity contribution in [3.05, 3.63) is 57.5 Å². The van der Waals surface area contributed by atoms with E-state index in [4.69, 9.17) is 0 Å². The highest BCUT2D eigenvalue weighted by Crippen LogP contribution is 2.28. The second-order valence-corrected chi connectivity index (χ2v) is 5.54. The minimum absolute atomic E-state index is 0.0513. The molecule has 0 saturated carbocycles. The fourth-order valence-electron chi connectivity index (χ4n) is 1.62. The van der Waals surface area contributed by atoms with Crippen LogP contribution in [0.5, 0.6) is 0 Å². The molecule has 0 atom stereocenters. The smallest absolute Gasteiger partial charge is 0.291 e. The molecule has 1 aromatic heterocycles. The van der Waals surface area contributed by atoms with Crippen LogP contribution in [-0.4, -0.2) is 9.55 Å². The molecule has 0 N–H and O–H groups in total. The van der Waals surface area contributed by atoms with Crippen molar-refractivity contribution in [3.8, 4) is 0 Å². The second kappa shape index (κ2) is 5.93. The maximum Gasteiger partial charge on any atom is 0.433 e. The number of aryl methyl sites for hydroxylation is 1. The van der Waals surface area contributed by atoms with Crippen LogP contribution < -0.4 is 5.56 Å². The van der Waals surface area contributed by atoms with E-state index in [-0.39, 0.29) is 5.16 Å². The standard InChI is InChI=1S/C14H13F3N2OS/c1-9-3-5-10(6-4-9)8-21-13-18-11(14(15,16)17)7-12(20)19(13)2/h3-7H,8H2,1-2H3. The van der Waals surface area contributed by atoms with Gasteiger partial charge in [-0.15, -0.1) is 0 Å². The van der Waals surface area contributed by atoms with E-state index >= 15 is 0 Å². The average molecular weight is 314 g/mol. The number of thioether (sulfide) groups is 1. The number of aromatic nitrogens is 2. The largest absolute Gasteiger partial charge is 0.433 e. The molecule has 0 unspecified atom stereocenters. The Kier molecular flexibility index (Phi) is 4.41. The summed E-state index contributed by atoms with van der Waals surface area (Å²) in [4.78, 5) is 15.1. The van der Waals surface area contributed by atoms with Gasteiger partial charge in [-0.25, -0.2) is 4.98 Å². The maximum absolute atomic E-state index is 12.7. The predicted molar refractivity (Wildman–Crippen MR) is 75.2 cm³/mol. The van der Waals surface area contributed by atoms with E-state index in [1.165, 1.54) is 7.05 Å². The van der Waals surface area contributed by atoms with Crippen LogP contribution in [0.25, 0.3) is 0 Å². The number of hydrogen-bond donors (Lipinski definition) is 0. The summed E-state index contributed by atoms with van der Waals surface area (Å²) in [5.41, 5.74) is 0.186. The van der Waals surface area contributed by atoms with Crippen LogP contribution in [-0.2, 0) is 19.0 Å². The van der Waals surface area contributed by atoms with Crippen LogP contribution in [0.3, 0.4) is 0 Å². The van der Waals surface area contributed by atoms with Crippen LogP contribution in [0.2, 0.25) is 0 Å². The van der Waals surface area contributed by atoms with Crippen molar-refractivity contribution in [1.82, 2.24) is 9.55 Å². The molecule has 7 heteroatoms. The molecule has 0 bridgehead atoms. The third-order valence-corrected chi connectivity index (χ3v) is 3.97. The molecule has 0 saturated heterocycles. The molecule has 0 aliphatic heterocycles. The summed E-state index contributed by atoms with van der Waals surface area (Å²) in [5.74, 6) is 0.446. The monoisotopic (exact) mass is 314 g/mol. The molecule has 0 amide bonds. The SMILES string of the molecule is Cc1ccc(CSc2nc(C(F)(F)F)cc(=O)n2C)cc1. The van der Waals surface area contributed by atoms with E-state index in [1.807, 2.05) is 31.2 Å². The molecule has 3 nitrogen and oxygen atoms in total. The van der Waals surface area contributed by atoms with Crippen molar-refractivity contribution >= 4 is 11.8 Å². The summed E-state index contributed by atoms with van der Waals surface area (Å²) >= 11 is 1.10. The Labute approximate surface area is 123 Å². The second-order valence-electron chi connectivity index (χ2n) is 4.59. The van der Waals surface area contributed by atoms with E-state index in [0.29, 0.717) is 11.8 Å². The summed E-state index contributed by atoms with van der Waals surface area (Å²) in [5, 5.41) is 0.0513. The van der Waals surface area contributed by atoms with Gasteiger partial charge in [0.2, 0.25) is 0 Å². The quantitative estimate of drug-likeness (QED) is 0.643. The molecule has 2 aromatic rings.